The Hall–Kier alpha value is -3.28. The summed E-state index contributed by atoms with van der Waals surface area (Å²) >= 11 is 0. The molecule has 0 fully saturated rings. The summed E-state index contributed by atoms with van der Waals surface area (Å²) in [4.78, 5) is 19.2. The van der Waals surface area contributed by atoms with Gasteiger partial charge >= 0.3 is 0 Å². The van der Waals surface area contributed by atoms with Crippen molar-refractivity contribution in [1.29, 1.82) is 0 Å². The van der Waals surface area contributed by atoms with Gasteiger partial charge in [-0.05, 0) is 42.3 Å². The lowest BCUT2D eigenvalue weighted by Gasteiger charge is -2.26. The highest BCUT2D eigenvalue weighted by Crippen LogP contribution is 2.33. The van der Waals surface area contributed by atoms with Crippen molar-refractivity contribution in [2.75, 3.05) is 18.2 Å². The molecule has 26 heavy (non-hydrogen) atoms. The number of benzene rings is 2. The fraction of sp³-hybridized carbons (Fsp3) is 0.200. The Labute approximate surface area is 150 Å². The second-order valence-electron chi connectivity index (χ2n) is 6.34. The molecule has 0 N–H and O–H groups in total. The molecule has 5 rings (SSSR count). The maximum absolute atomic E-state index is 12.8. The van der Waals surface area contributed by atoms with Gasteiger partial charge in [-0.25, -0.2) is 4.98 Å². The van der Waals surface area contributed by atoms with Crippen LogP contribution in [0.5, 0.6) is 11.5 Å². The number of aryl methyl sites for hydroxylation is 1. The van der Waals surface area contributed by atoms with Gasteiger partial charge in [0.1, 0.15) is 0 Å². The SMILES string of the molecule is O=C(/C=C/c1ccc2c(c1)OCO2)N1CCCn2c1nc1ccccc12. The first-order valence-corrected chi connectivity index (χ1v) is 8.64. The van der Waals surface area contributed by atoms with Gasteiger partial charge in [-0.2, -0.15) is 0 Å². The van der Waals surface area contributed by atoms with Crippen LogP contribution in [0.3, 0.4) is 0 Å². The van der Waals surface area contributed by atoms with Gasteiger partial charge in [0.05, 0.1) is 11.0 Å². The van der Waals surface area contributed by atoms with Crippen LogP contribution in [-0.2, 0) is 11.3 Å². The number of hydrogen-bond donors (Lipinski definition) is 0. The van der Waals surface area contributed by atoms with E-state index in [-0.39, 0.29) is 12.7 Å². The molecule has 0 unspecified atom stereocenters. The molecular weight excluding hydrogens is 330 g/mol. The Morgan fingerprint density at radius 2 is 1.96 bits per heavy atom. The van der Waals surface area contributed by atoms with E-state index in [1.54, 1.807) is 17.1 Å². The highest BCUT2D eigenvalue weighted by atomic mass is 16.7. The zero-order valence-corrected chi connectivity index (χ0v) is 14.1. The van der Waals surface area contributed by atoms with Crippen LogP contribution in [0, 0.1) is 0 Å². The molecule has 1 aromatic heterocycles. The fourth-order valence-electron chi connectivity index (χ4n) is 3.46. The zero-order valence-electron chi connectivity index (χ0n) is 14.1. The van der Waals surface area contributed by atoms with Crippen molar-refractivity contribution in [3.8, 4) is 11.5 Å². The number of rotatable bonds is 2. The topological polar surface area (TPSA) is 56.6 Å². The lowest BCUT2D eigenvalue weighted by molar-refractivity contribution is -0.114. The normalized spacial score (nSPS) is 15.6. The minimum atomic E-state index is -0.0704. The van der Waals surface area contributed by atoms with Crippen LogP contribution in [0.25, 0.3) is 17.1 Å². The molecule has 130 valence electrons. The van der Waals surface area contributed by atoms with Gasteiger partial charge in [-0.15, -0.1) is 0 Å². The van der Waals surface area contributed by atoms with Crippen LogP contribution >= 0.6 is 0 Å². The van der Waals surface area contributed by atoms with Gasteiger partial charge in [0.15, 0.2) is 11.5 Å². The number of hydrogen-bond acceptors (Lipinski definition) is 4. The summed E-state index contributed by atoms with van der Waals surface area (Å²) in [7, 11) is 0. The number of nitrogens with zero attached hydrogens (tertiary/aromatic N) is 3. The number of fused-ring (bicyclic) bond motifs is 4. The lowest BCUT2D eigenvalue weighted by Crippen LogP contribution is -2.36. The molecule has 1 amide bonds. The van der Waals surface area contributed by atoms with Gasteiger partial charge in [0.25, 0.3) is 5.91 Å². The van der Waals surface area contributed by atoms with Gasteiger partial charge in [0, 0.05) is 19.2 Å². The summed E-state index contributed by atoms with van der Waals surface area (Å²) in [5.74, 6) is 2.09. The molecule has 2 aromatic carbocycles. The standard InChI is InChI=1S/C20H17N3O3/c24-19(9-7-14-6-8-17-18(12-14)26-13-25-17)23-11-3-10-22-16-5-2-1-4-15(16)21-20(22)23/h1-2,4-9,12H,3,10-11,13H2/b9-7+. The monoisotopic (exact) mass is 347 g/mol. The Morgan fingerprint density at radius 1 is 1.08 bits per heavy atom. The third-order valence-corrected chi connectivity index (χ3v) is 4.72. The molecule has 2 aliphatic heterocycles. The van der Waals surface area contributed by atoms with E-state index in [0.717, 1.165) is 41.3 Å². The highest BCUT2D eigenvalue weighted by Gasteiger charge is 2.24. The molecule has 2 aliphatic rings. The van der Waals surface area contributed by atoms with Crippen molar-refractivity contribution < 1.29 is 14.3 Å². The molecule has 0 atom stereocenters. The third-order valence-electron chi connectivity index (χ3n) is 4.72. The van der Waals surface area contributed by atoms with E-state index in [1.807, 2.05) is 42.5 Å². The summed E-state index contributed by atoms with van der Waals surface area (Å²) in [6.45, 7) is 1.80. The lowest BCUT2D eigenvalue weighted by atomic mass is 10.2. The van der Waals surface area contributed by atoms with E-state index >= 15 is 0 Å². The molecule has 6 nitrogen and oxygen atoms in total. The van der Waals surface area contributed by atoms with E-state index in [2.05, 4.69) is 9.55 Å². The molecule has 3 aromatic rings. The number of amides is 1. The first-order chi connectivity index (χ1) is 12.8. The number of aromatic nitrogens is 2. The maximum Gasteiger partial charge on any atom is 0.253 e. The molecule has 0 saturated heterocycles. The first kappa shape index (κ1) is 15.0. The van der Waals surface area contributed by atoms with Crippen LogP contribution in [-0.4, -0.2) is 28.8 Å². The predicted octanol–water partition coefficient (Wildman–Crippen LogP) is 3.22. The minimum Gasteiger partial charge on any atom is -0.454 e. The highest BCUT2D eigenvalue weighted by molar-refractivity contribution is 6.04. The number of imidazole rings is 1. The summed E-state index contributed by atoms with van der Waals surface area (Å²) in [5, 5.41) is 0. The van der Waals surface area contributed by atoms with Gasteiger partial charge in [0.2, 0.25) is 12.7 Å². The second-order valence-corrected chi connectivity index (χ2v) is 6.34. The van der Waals surface area contributed by atoms with Crippen molar-refractivity contribution in [2.45, 2.75) is 13.0 Å². The van der Waals surface area contributed by atoms with Crippen LogP contribution < -0.4 is 14.4 Å². The van der Waals surface area contributed by atoms with Crippen molar-refractivity contribution in [3.05, 3.63) is 54.1 Å². The molecule has 0 bridgehead atoms. The van der Waals surface area contributed by atoms with Crippen LogP contribution in [0.4, 0.5) is 5.95 Å². The van der Waals surface area contributed by atoms with Crippen molar-refractivity contribution in [3.63, 3.8) is 0 Å². The van der Waals surface area contributed by atoms with Crippen molar-refractivity contribution in [2.24, 2.45) is 0 Å². The number of para-hydroxylation sites is 2. The summed E-state index contributed by atoms with van der Waals surface area (Å²) < 4.78 is 12.8. The van der Waals surface area contributed by atoms with E-state index in [9.17, 15) is 4.79 Å². The van der Waals surface area contributed by atoms with Crippen LogP contribution in [0.1, 0.15) is 12.0 Å². The zero-order chi connectivity index (χ0) is 17.5. The smallest absolute Gasteiger partial charge is 0.253 e. The van der Waals surface area contributed by atoms with Crippen molar-refractivity contribution in [1.82, 2.24) is 9.55 Å². The number of carbonyl (C=O) groups is 1. The molecular formula is C20H17N3O3. The Morgan fingerprint density at radius 3 is 2.92 bits per heavy atom. The quantitative estimate of drug-likeness (QED) is 0.668. The largest absolute Gasteiger partial charge is 0.454 e. The number of ether oxygens (including phenoxy) is 2. The molecule has 0 saturated carbocycles. The number of anilines is 1. The average molecular weight is 347 g/mol. The Bertz CT molecular complexity index is 1040. The second kappa shape index (κ2) is 5.91. The van der Waals surface area contributed by atoms with E-state index in [1.165, 1.54) is 0 Å². The maximum atomic E-state index is 12.8. The number of carbonyl (C=O) groups excluding carboxylic acids is 1. The van der Waals surface area contributed by atoms with Crippen LogP contribution in [0.2, 0.25) is 0 Å². The first-order valence-electron chi connectivity index (χ1n) is 8.64. The summed E-state index contributed by atoms with van der Waals surface area (Å²) in [5.41, 5.74) is 2.88. The predicted molar refractivity (Wildman–Crippen MR) is 98.3 cm³/mol. The molecule has 0 radical (unpaired) electrons. The van der Waals surface area contributed by atoms with Gasteiger partial charge in [-0.3, -0.25) is 9.69 Å². The summed E-state index contributed by atoms with van der Waals surface area (Å²) in [6, 6.07) is 13.6. The van der Waals surface area contributed by atoms with Gasteiger partial charge in [-0.1, -0.05) is 18.2 Å². The fourth-order valence-corrected chi connectivity index (χ4v) is 3.46. The molecule has 6 heteroatoms. The van der Waals surface area contributed by atoms with Crippen molar-refractivity contribution >= 4 is 29.0 Å². The average Bonchev–Trinajstić information content (AvgIpc) is 3.29. The molecule has 0 spiro atoms. The third kappa shape index (κ3) is 2.42. The summed E-state index contributed by atoms with van der Waals surface area (Å²) in [6.07, 6.45) is 4.30. The van der Waals surface area contributed by atoms with Crippen LogP contribution in [0.15, 0.2) is 48.5 Å². The van der Waals surface area contributed by atoms with E-state index in [4.69, 9.17) is 9.47 Å². The molecule has 3 heterocycles. The Kier molecular flexibility index (Phi) is 3.41. The van der Waals surface area contributed by atoms with Gasteiger partial charge < -0.3 is 14.0 Å². The van der Waals surface area contributed by atoms with E-state index in [0.29, 0.717) is 12.3 Å². The Balaban J connectivity index is 1.43. The van der Waals surface area contributed by atoms with E-state index < -0.39 is 0 Å². The molecule has 0 aliphatic carbocycles. The minimum absolute atomic E-state index is 0.0704.